The second kappa shape index (κ2) is 6.24. The van der Waals surface area contributed by atoms with Gasteiger partial charge in [0.1, 0.15) is 6.04 Å². The second-order valence-corrected chi connectivity index (χ2v) is 4.33. The molecule has 0 spiro atoms. The highest BCUT2D eigenvalue weighted by atomic mass is 32.1. The van der Waals surface area contributed by atoms with Crippen molar-refractivity contribution in [3.8, 4) is 0 Å². The van der Waals surface area contributed by atoms with E-state index in [4.69, 9.17) is 11.5 Å². The maximum absolute atomic E-state index is 11.5. The quantitative estimate of drug-likeness (QED) is 0.617. The van der Waals surface area contributed by atoms with Crippen LogP contribution in [0, 0.1) is 0 Å². The topological polar surface area (TPSA) is 98.2 Å². The molecule has 1 unspecified atom stereocenters. The summed E-state index contributed by atoms with van der Waals surface area (Å²) in [4.78, 5) is 22.8. The number of carbonyl (C=O) groups is 2. The van der Waals surface area contributed by atoms with Crippen molar-refractivity contribution in [3.05, 3.63) is 22.4 Å². The van der Waals surface area contributed by atoms with E-state index < -0.39 is 6.04 Å². The fourth-order valence-electron chi connectivity index (χ4n) is 1.18. The van der Waals surface area contributed by atoms with Crippen molar-refractivity contribution < 1.29 is 9.59 Å². The van der Waals surface area contributed by atoms with Gasteiger partial charge in [-0.2, -0.15) is 0 Å². The van der Waals surface area contributed by atoms with Gasteiger partial charge in [-0.3, -0.25) is 9.59 Å². The number of nitrogens with two attached hydrogens (primary N) is 2. The summed E-state index contributed by atoms with van der Waals surface area (Å²) in [6.45, 7) is 0.418. The second-order valence-electron chi connectivity index (χ2n) is 3.35. The third-order valence-electron chi connectivity index (χ3n) is 2.03. The molecular weight excluding hydrogens is 226 g/mol. The minimum Gasteiger partial charge on any atom is -0.370 e. The zero-order valence-electron chi connectivity index (χ0n) is 8.81. The summed E-state index contributed by atoms with van der Waals surface area (Å²) in [5.74, 6) is -0.594. The Morgan fingerprint density at radius 1 is 1.50 bits per heavy atom. The molecule has 0 saturated carbocycles. The third-order valence-corrected chi connectivity index (χ3v) is 2.99. The van der Waals surface area contributed by atoms with E-state index in [1.165, 1.54) is 11.3 Å². The molecule has 16 heavy (non-hydrogen) atoms. The largest absolute Gasteiger partial charge is 0.370 e. The van der Waals surface area contributed by atoms with Gasteiger partial charge in [0.25, 0.3) is 0 Å². The Morgan fingerprint density at radius 3 is 2.81 bits per heavy atom. The van der Waals surface area contributed by atoms with Crippen LogP contribution in [-0.2, 0) is 9.59 Å². The Bertz CT molecular complexity index is 351. The third kappa shape index (κ3) is 4.00. The Hall–Kier alpha value is -1.40. The van der Waals surface area contributed by atoms with E-state index in [9.17, 15) is 9.59 Å². The van der Waals surface area contributed by atoms with Gasteiger partial charge >= 0.3 is 0 Å². The van der Waals surface area contributed by atoms with E-state index in [0.29, 0.717) is 13.0 Å². The standard InChI is InChI=1S/C10H15N3O2S/c11-8(14)4-1-5-13-10(15)9(12)7-3-2-6-16-7/h2-3,6,9H,1,4-5,12H2,(H2,11,14)(H,13,15). The lowest BCUT2D eigenvalue weighted by Crippen LogP contribution is -2.34. The van der Waals surface area contributed by atoms with E-state index in [1.807, 2.05) is 17.5 Å². The zero-order chi connectivity index (χ0) is 12.0. The van der Waals surface area contributed by atoms with E-state index >= 15 is 0 Å². The number of rotatable bonds is 6. The molecule has 1 rings (SSSR count). The molecule has 0 fully saturated rings. The van der Waals surface area contributed by atoms with Gasteiger partial charge in [-0.05, 0) is 17.9 Å². The smallest absolute Gasteiger partial charge is 0.242 e. The highest BCUT2D eigenvalue weighted by Gasteiger charge is 2.15. The molecule has 0 aromatic carbocycles. The van der Waals surface area contributed by atoms with Crippen LogP contribution in [0.2, 0.25) is 0 Å². The number of hydrogen-bond acceptors (Lipinski definition) is 4. The minimum atomic E-state index is -0.631. The number of nitrogens with one attached hydrogen (secondary N) is 1. The molecule has 5 nitrogen and oxygen atoms in total. The van der Waals surface area contributed by atoms with Gasteiger partial charge in [-0.1, -0.05) is 6.07 Å². The summed E-state index contributed by atoms with van der Waals surface area (Å²) >= 11 is 1.44. The molecular formula is C10H15N3O2S. The van der Waals surface area contributed by atoms with E-state index in [1.54, 1.807) is 0 Å². The SMILES string of the molecule is NC(=O)CCCNC(=O)C(N)c1cccs1. The maximum atomic E-state index is 11.5. The van der Waals surface area contributed by atoms with Gasteiger partial charge in [0.2, 0.25) is 11.8 Å². The molecule has 0 aliphatic carbocycles. The molecule has 1 aromatic heterocycles. The van der Waals surface area contributed by atoms with Gasteiger partial charge in [0.15, 0.2) is 0 Å². The fraction of sp³-hybridized carbons (Fsp3) is 0.400. The first-order valence-corrected chi connectivity index (χ1v) is 5.84. The lowest BCUT2D eigenvalue weighted by atomic mass is 10.2. The highest BCUT2D eigenvalue weighted by Crippen LogP contribution is 2.16. The average Bonchev–Trinajstić information content (AvgIpc) is 2.76. The summed E-state index contributed by atoms with van der Waals surface area (Å²) in [6.07, 6.45) is 0.812. The molecule has 5 N–H and O–H groups in total. The van der Waals surface area contributed by atoms with Crippen LogP contribution >= 0.6 is 11.3 Å². The van der Waals surface area contributed by atoms with Gasteiger partial charge < -0.3 is 16.8 Å². The summed E-state index contributed by atoms with van der Waals surface area (Å²) in [6, 6.07) is 3.03. The summed E-state index contributed by atoms with van der Waals surface area (Å²) < 4.78 is 0. The molecule has 6 heteroatoms. The van der Waals surface area contributed by atoms with Crippen molar-refractivity contribution >= 4 is 23.2 Å². The lowest BCUT2D eigenvalue weighted by molar-refractivity contribution is -0.123. The summed E-state index contributed by atoms with van der Waals surface area (Å²) in [5, 5.41) is 4.53. The van der Waals surface area contributed by atoms with Crippen LogP contribution in [0.15, 0.2) is 17.5 Å². The molecule has 1 heterocycles. The molecule has 0 radical (unpaired) electrons. The predicted octanol–water partition coefficient (Wildman–Crippen LogP) is 0.130. The molecule has 88 valence electrons. The molecule has 0 aliphatic rings. The normalized spacial score (nSPS) is 12.1. The zero-order valence-corrected chi connectivity index (χ0v) is 9.63. The summed E-state index contributed by atoms with van der Waals surface area (Å²) in [7, 11) is 0. The maximum Gasteiger partial charge on any atom is 0.242 e. The van der Waals surface area contributed by atoms with Gasteiger partial charge in [-0.25, -0.2) is 0 Å². The molecule has 1 aromatic rings. The summed E-state index contributed by atoms with van der Waals surface area (Å²) in [5.41, 5.74) is 10.7. The first kappa shape index (κ1) is 12.7. The Morgan fingerprint density at radius 2 is 2.25 bits per heavy atom. The Kier molecular flexibility index (Phi) is 4.94. The van der Waals surface area contributed by atoms with Crippen molar-refractivity contribution in [2.75, 3.05) is 6.54 Å². The van der Waals surface area contributed by atoms with Crippen molar-refractivity contribution in [1.82, 2.24) is 5.32 Å². The van der Waals surface area contributed by atoms with Crippen LogP contribution < -0.4 is 16.8 Å². The molecule has 2 amide bonds. The van der Waals surface area contributed by atoms with Gasteiger partial charge in [0, 0.05) is 17.8 Å². The van der Waals surface area contributed by atoms with Gasteiger partial charge in [-0.15, -0.1) is 11.3 Å². The number of primary amides is 1. The molecule has 0 aliphatic heterocycles. The Labute approximate surface area is 97.8 Å². The first-order valence-electron chi connectivity index (χ1n) is 4.96. The average molecular weight is 241 g/mol. The highest BCUT2D eigenvalue weighted by molar-refractivity contribution is 7.10. The van der Waals surface area contributed by atoms with Crippen LogP contribution in [0.4, 0.5) is 0 Å². The lowest BCUT2D eigenvalue weighted by Gasteiger charge is -2.09. The number of amides is 2. The molecule has 0 bridgehead atoms. The van der Waals surface area contributed by atoms with Crippen LogP contribution in [0.25, 0.3) is 0 Å². The van der Waals surface area contributed by atoms with Crippen LogP contribution in [0.1, 0.15) is 23.8 Å². The van der Waals surface area contributed by atoms with E-state index in [0.717, 1.165) is 4.88 Å². The van der Waals surface area contributed by atoms with Crippen LogP contribution in [0.5, 0.6) is 0 Å². The fourth-order valence-corrected chi connectivity index (χ4v) is 1.91. The number of hydrogen-bond donors (Lipinski definition) is 3. The predicted molar refractivity (Wildman–Crippen MR) is 62.7 cm³/mol. The van der Waals surface area contributed by atoms with Crippen LogP contribution in [0.3, 0.4) is 0 Å². The Balaban J connectivity index is 2.27. The molecule has 1 atom stereocenters. The van der Waals surface area contributed by atoms with E-state index in [2.05, 4.69) is 5.32 Å². The van der Waals surface area contributed by atoms with Crippen molar-refractivity contribution in [2.45, 2.75) is 18.9 Å². The minimum absolute atomic E-state index is 0.230. The number of carbonyl (C=O) groups excluding carboxylic acids is 2. The van der Waals surface area contributed by atoms with Crippen molar-refractivity contribution in [1.29, 1.82) is 0 Å². The van der Waals surface area contributed by atoms with Crippen molar-refractivity contribution in [3.63, 3.8) is 0 Å². The molecule has 0 saturated heterocycles. The first-order chi connectivity index (χ1) is 7.61. The van der Waals surface area contributed by atoms with Crippen molar-refractivity contribution in [2.24, 2.45) is 11.5 Å². The van der Waals surface area contributed by atoms with Gasteiger partial charge in [0.05, 0.1) is 0 Å². The number of thiophene rings is 1. The van der Waals surface area contributed by atoms with E-state index in [-0.39, 0.29) is 18.2 Å². The monoisotopic (exact) mass is 241 g/mol. The van der Waals surface area contributed by atoms with Crippen LogP contribution in [-0.4, -0.2) is 18.4 Å².